The Morgan fingerprint density at radius 2 is 0.680 bits per heavy atom. The van der Waals surface area contributed by atoms with Gasteiger partial charge in [0.25, 0.3) is 0 Å². The molecule has 0 heterocycles. The molecule has 0 aliphatic rings. The van der Waals surface area contributed by atoms with E-state index >= 15 is 0 Å². The number of rotatable bonds is 18. The summed E-state index contributed by atoms with van der Waals surface area (Å²) in [7, 11) is 0. The lowest BCUT2D eigenvalue weighted by Gasteiger charge is -2.35. The Labute approximate surface area is 161 Å². The molecule has 25 heavy (non-hydrogen) atoms. The van der Waals surface area contributed by atoms with E-state index in [1.807, 2.05) is 0 Å². The Balaban J connectivity index is 3.77. The zero-order valence-electron chi connectivity index (χ0n) is 19.0. The Bertz CT molecular complexity index is 246. The van der Waals surface area contributed by atoms with Gasteiger partial charge in [0.2, 0.25) is 0 Å². The van der Waals surface area contributed by atoms with Crippen LogP contribution in [0.15, 0.2) is 0 Å². The minimum atomic E-state index is 0.522. The van der Waals surface area contributed by atoms with Gasteiger partial charge in [-0.2, -0.15) is 0 Å². The molecule has 0 atom stereocenters. The average Bonchev–Trinajstić information content (AvgIpc) is 2.52. The molecule has 0 nitrogen and oxygen atoms in total. The van der Waals surface area contributed by atoms with E-state index in [0.717, 1.165) is 0 Å². The molecule has 0 radical (unpaired) electrons. The number of unbranched alkanes of at least 4 members (excludes halogenated alkanes) is 12. The monoisotopic (exact) mass is 352 g/mol. The summed E-state index contributed by atoms with van der Waals surface area (Å²) in [4.78, 5) is 0. The molecule has 0 rings (SSSR count). The third kappa shape index (κ3) is 17.2. The molecule has 0 N–H and O–H groups in total. The van der Waals surface area contributed by atoms with Gasteiger partial charge >= 0.3 is 0 Å². The van der Waals surface area contributed by atoms with E-state index in [9.17, 15) is 0 Å². The second kappa shape index (κ2) is 15.1. The van der Waals surface area contributed by atoms with Crippen molar-refractivity contribution < 1.29 is 0 Å². The number of hydrogen-bond acceptors (Lipinski definition) is 0. The maximum absolute atomic E-state index is 2.51. The van der Waals surface area contributed by atoms with Crippen LogP contribution in [0.4, 0.5) is 0 Å². The van der Waals surface area contributed by atoms with E-state index in [-0.39, 0.29) is 0 Å². The Morgan fingerprint density at radius 3 is 1.00 bits per heavy atom. The van der Waals surface area contributed by atoms with E-state index in [1.165, 1.54) is 109 Å². The van der Waals surface area contributed by atoms with Crippen molar-refractivity contribution in [1.82, 2.24) is 0 Å². The maximum atomic E-state index is 2.51. The molecule has 152 valence electrons. The SMILES string of the molecule is CCCCCCCCCC(C)(C)CC(C)(C)CCCCCCCCC. The summed E-state index contributed by atoms with van der Waals surface area (Å²) >= 11 is 0. The lowest BCUT2D eigenvalue weighted by atomic mass is 9.70. The number of hydrogen-bond donors (Lipinski definition) is 0. The van der Waals surface area contributed by atoms with Crippen LogP contribution in [0, 0.1) is 10.8 Å². The molecule has 0 aromatic carbocycles. The van der Waals surface area contributed by atoms with E-state index < -0.39 is 0 Å². The van der Waals surface area contributed by atoms with Gasteiger partial charge in [0.15, 0.2) is 0 Å². The van der Waals surface area contributed by atoms with Gasteiger partial charge in [-0.3, -0.25) is 0 Å². The van der Waals surface area contributed by atoms with Crippen molar-refractivity contribution in [2.45, 2.75) is 151 Å². The highest BCUT2D eigenvalue weighted by atomic mass is 14.3. The highest BCUT2D eigenvalue weighted by Crippen LogP contribution is 2.40. The van der Waals surface area contributed by atoms with Crippen LogP contribution < -0.4 is 0 Å². The smallest absolute Gasteiger partial charge is 0.0349 e. The minimum absolute atomic E-state index is 0.522. The molecule has 0 bridgehead atoms. The molecule has 0 aliphatic carbocycles. The zero-order chi connectivity index (χ0) is 19.0. The fourth-order valence-electron chi connectivity index (χ4n) is 4.59. The van der Waals surface area contributed by atoms with E-state index in [1.54, 1.807) is 0 Å². The molecular formula is C25H52. The van der Waals surface area contributed by atoms with Crippen LogP contribution >= 0.6 is 0 Å². The van der Waals surface area contributed by atoms with Crippen molar-refractivity contribution in [3.8, 4) is 0 Å². The van der Waals surface area contributed by atoms with Crippen molar-refractivity contribution >= 4 is 0 Å². The second-order valence-corrected chi connectivity index (χ2v) is 10.2. The van der Waals surface area contributed by atoms with Crippen molar-refractivity contribution in [3.05, 3.63) is 0 Å². The predicted molar refractivity (Wildman–Crippen MR) is 117 cm³/mol. The van der Waals surface area contributed by atoms with E-state index in [0.29, 0.717) is 10.8 Å². The third-order valence-corrected chi connectivity index (χ3v) is 5.87. The standard InChI is InChI=1S/C25H52/c1-7-9-11-13-15-17-19-21-24(3,4)23-25(5,6)22-20-18-16-14-12-10-8-2/h7-23H2,1-6H3. The van der Waals surface area contributed by atoms with Crippen LogP contribution in [-0.2, 0) is 0 Å². The second-order valence-electron chi connectivity index (χ2n) is 10.2. The molecule has 0 saturated heterocycles. The molecule has 0 fully saturated rings. The van der Waals surface area contributed by atoms with Crippen molar-refractivity contribution in [2.75, 3.05) is 0 Å². The average molecular weight is 353 g/mol. The first kappa shape index (κ1) is 25.0. The van der Waals surface area contributed by atoms with Crippen molar-refractivity contribution in [1.29, 1.82) is 0 Å². The van der Waals surface area contributed by atoms with Crippen LogP contribution in [0.25, 0.3) is 0 Å². The van der Waals surface area contributed by atoms with Crippen molar-refractivity contribution in [2.24, 2.45) is 10.8 Å². The molecule has 0 saturated carbocycles. The molecule has 0 aliphatic heterocycles. The van der Waals surface area contributed by atoms with Gasteiger partial charge in [-0.1, -0.05) is 131 Å². The topological polar surface area (TPSA) is 0 Å². The summed E-state index contributed by atoms with van der Waals surface area (Å²) < 4.78 is 0. The van der Waals surface area contributed by atoms with Crippen LogP contribution in [0.3, 0.4) is 0 Å². The molecule has 0 amide bonds. The van der Waals surface area contributed by atoms with Gasteiger partial charge in [0.1, 0.15) is 0 Å². The third-order valence-electron chi connectivity index (χ3n) is 5.87. The Kier molecular flexibility index (Phi) is 15.1. The lowest BCUT2D eigenvalue weighted by Crippen LogP contribution is -2.23. The minimum Gasteiger partial charge on any atom is -0.0654 e. The molecule has 0 aromatic heterocycles. The predicted octanol–water partition coefficient (Wildman–Crippen LogP) is 9.71. The largest absolute Gasteiger partial charge is 0.0654 e. The summed E-state index contributed by atoms with van der Waals surface area (Å²) in [6.07, 6.45) is 24.3. The normalized spacial score (nSPS) is 12.7. The van der Waals surface area contributed by atoms with Gasteiger partial charge in [-0.25, -0.2) is 0 Å². The van der Waals surface area contributed by atoms with Gasteiger partial charge in [-0.05, 0) is 30.1 Å². The first-order valence-corrected chi connectivity index (χ1v) is 11.8. The van der Waals surface area contributed by atoms with Crippen LogP contribution in [0.2, 0.25) is 0 Å². The summed E-state index contributed by atoms with van der Waals surface area (Å²) in [5.41, 5.74) is 1.04. The van der Waals surface area contributed by atoms with Gasteiger partial charge in [-0.15, -0.1) is 0 Å². The van der Waals surface area contributed by atoms with E-state index in [2.05, 4.69) is 41.5 Å². The van der Waals surface area contributed by atoms with E-state index in [4.69, 9.17) is 0 Å². The van der Waals surface area contributed by atoms with Gasteiger partial charge in [0.05, 0.1) is 0 Å². The molecule has 0 aromatic rings. The maximum Gasteiger partial charge on any atom is -0.0349 e. The highest BCUT2D eigenvalue weighted by molar-refractivity contribution is 4.79. The zero-order valence-corrected chi connectivity index (χ0v) is 19.0. The molecule has 0 spiro atoms. The lowest BCUT2D eigenvalue weighted by molar-refractivity contribution is 0.164. The first-order valence-electron chi connectivity index (χ1n) is 11.8. The summed E-state index contributed by atoms with van der Waals surface area (Å²) in [5.74, 6) is 0. The van der Waals surface area contributed by atoms with Crippen LogP contribution in [0.5, 0.6) is 0 Å². The molecular weight excluding hydrogens is 300 g/mol. The molecule has 0 unspecified atom stereocenters. The van der Waals surface area contributed by atoms with Crippen LogP contribution in [-0.4, -0.2) is 0 Å². The van der Waals surface area contributed by atoms with Crippen LogP contribution in [0.1, 0.15) is 151 Å². The first-order chi connectivity index (χ1) is 11.8. The summed E-state index contributed by atoms with van der Waals surface area (Å²) in [5, 5.41) is 0. The van der Waals surface area contributed by atoms with Gasteiger partial charge < -0.3 is 0 Å². The van der Waals surface area contributed by atoms with Gasteiger partial charge in [0, 0.05) is 0 Å². The highest BCUT2D eigenvalue weighted by Gasteiger charge is 2.27. The quantitative estimate of drug-likeness (QED) is 0.215. The summed E-state index contributed by atoms with van der Waals surface area (Å²) in [6.45, 7) is 14.6. The fourth-order valence-corrected chi connectivity index (χ4v) is 4.59. The summed E-state index contributed by atoms with van der Waals surface area (Å²) in [6, 6.07) is 0. The Morgan fingerprint density at radius 1 is 0.400 bits per heavy atom. The Hall–Kier alpha value is 0. The molecule has 0 heteroatoms. The fraction of sp³-hybridized carbons (Fsp3) is 1.00. The van der Waals surface area contributed by atoms with Crippen molar-refractivity contribution in [3.63, 3.8) is 0 Å².